The second kappa shape index (κ2) is 6.58. The Kier molecular flexibility index (Phi) is 4.35. The third-order valence-corrected chi connectivity index (χ3v) is 5.75. The molecular weight excluding hydrogens is 371 g/mol. The van der Waals surface area contributed by atoms with Gasteiger partial charge in [0.1, 0.15) is 16.0 Å². The van der Waals surface area contributed by atoms with Crippen LogP contribution in [0.4, 0.5) is 4.39 Å². The molecule has 2 N–H and O–H groups in total. The van der Waals surface area contributed by atoms with E-state index in [9.17, 15) is 18.8 Å². The Hall–Kier alpha value is -2.52. The number of benzene rings is 1. The molecule has 0 atom stereocenters. The molecule has 0 spiro atoms. The Bertz CT molecular complexity index is 1170. The average molecular weight is 390 g/mol. The molecule has 2 aromatic heterocycles. The molecule has 0 unspecified atom stereocenters. The van der Waals surface area contributed by atoms with Gasteiger partial charge in [-0.05, 0) is 37.5 Å². The lowest BCUT2D eigenvalue weighted by Crippen LogP contribution is -2.46. The van der Waals surface area contributed by atoms with Gasteiger partial charge in [-0.25, -0.2) is 4.39 Å². The minimum Gasteiger partial charge on any atom is -0.336 e. The summed E-state index contributed by atoms with van der Waals surface area (Å²) in [6.07, 6.45) is 0. The Morgan fingerprint density at radius 3 is 2.59 bits per heavy atom. The first-order valence-corrected chi connectivity index (χ1v) is 9.60. The third-order valence-electron chi connectivity index (χ3n) is 4.87. The summed E-state index contributed by atoms with van der Waals surface area (Å²) in [4.78, 5) is 39.8. The molecule has 7 nitrogen and oxygen atoms in total. The number of nitrogens with zero attached hydrogens (tertiary/aromatic N) is 2. The van der Waals surface area contributed by atoms with Crippen LogP contribution < -0.4 is 16.3 Å². The van der Waals surface area contributed by atoms with E-state index in [1.165, 1.54) is 6.07 Å². The molecule has 3 aromatic rings. The molecule has 4 rings (SSSR count). The van der Waals surface area contributed by atoms with Crippen molar-refractivity contribution < 1.29 is 9.18 Å². The van der Waals surface area contributed by atoms with E-state index in [-0.39, 0.29) is 28.3 Å². The molecule has 1 aliphatic heterocycles. The number of hydrogen-bond donors (Lipinski definition) is 2. The van der Waals surface area contributed by atoms with Crippen molar-refractivity contribution in [2.45, 2.75) is 19.9 Å². The highest BCUT2D eigenvalue weighted by Crippen LogP contribution is 2.26. The summed E-state index contributed by atoms with van der Waals surface area (Å²) in [5.41, 5.74) is -0.588. The molecule has 0 aliphatic carbocycles. The highest BCUT2D eigenvalue weighted by Gasteiger charge is 2.24. The zero-order chi connectivity index (χ0) is 19.3. The number of carbonyl (C=O) groups excluding carboxylic acids is 1. The van der Waals surface area contributed by atoms with E-state index in [0.717, 1.165) is 17.6 Å². The molecule has 1 fully saturated rings. The SMILES string of the molecule is CC(C)n1c2cc(C(=O)N3CCNCC3)c(F)cc2c(=O)c2c(=O)[nH]sc21. The maximum Gasteiger partial charge on any atom is 0.271 e. The maximum atomic E-state index is 14.8. The fourth-order valence-electron chi connectivity index (χ4n) is 3.57. The Labute approximate surface area is 157 Å². The Morgan fingerprint density at radius 1 is 1.22 bits per heavy atom. The zero-order valence-corrected chi connectivity index (χ0v) is 15.8. The van der Waals surface area contributed by atoms with Crippen LogP contribution in [0.5, 0.6) is 0 Å². The average Bonchev–Trinajstić information content (AvgIpc) is 3.03. The smallest absolute Gasteiger partial charge is 0.271 e. The summed E-state index contributed by atoms with van der Waals surface area (Å²) in [6.45, 7) is 6.16. The van der Waals surface area contributed by atoms with E-state index >= 15 is 0 Å². The fraction of sp³-hybridized carbons (Fsp3) is 0.389. The number of halogens is 1. The number of fused-ring (bicyclic) bond motifs is 2. The number of piperazine rings is 1. The second-order valence-electron chi connectivity index (χ2n) is 6.90. The largest absolute Gasteiger partial charge is 0.336 e. The van der Waals surface area contributed by atoms with Crippen LogP contribution in [0, 0.1) is 5.82 Å². The lowest BCUT2D eigenvalue weighted by molar-refractivity contribution is 0.0731. The van der Waals surface area contributed by atoms with Crippen LogP contribution in [0.3, 0.4) is 0 Å². The van der Waals surface area contributed by atoms with Gasteiger partial charge in [0.15, 0.2) is 0 Å². The van der Waals surface area contributed by atoms with Crippen molar-refractivity contribution in [2.75, 3.05) is 26.2 Å². The molecule has 1 aliphatic rings. The van der Waals surface area contributed by atoms with Crippen LogP contribution >= 0.6 is 11.5 Å². The van der Waals surface area contributed by atoms with Crippen molar-refractivity contribution in [2.24, 2.45) is 0 Å². The van der Waals surface area contributed by atoms with Crippen LogP contribution in [-0.4, -0.2) is 45.9 Å². The van der Waals surface area contributed by atoms with Crippen molar-refractivity contribution in [3.63, 3.8) is 0 Å². The van der Waals surface area contributed by atoms with Gasteiger partial charge >= 0.3 is 0 Å². The monoisotopic (exact) mass is 390 g/mol. The second-order valence-corrected chi connectivity index (χ2v) is 7.69. The molecule has 3 heterocycles. The number of aromatic amines is 1. The highest BCUT2D eigenvalue weighted by molar-refractivity contribution is 7.12. The predicted molar refractivity (Wildman–Crippen MR) is 103 cm³/mol. The van der Waals surface area contributed by atoms with Gasteiger partial charge in [-0.1, -0.05) is 0 Å². The Balaban J connectivity index is 2.02. The van der Waals surface area contributed by atoms with Crippen LogP contribution in [0.1, 0.15) is 30.2 Å². The minimum atomic E-state index is -0.746. The molecule has 1 amide bonds. The Morgan fingerprint density at radius 2 is 1.93 bits per heavy atom. The van der Waals surface area contributed by atoms with Crippen LogP contribution in [0.15, 0.2) is 21.7 Å². The van der Waals surface area contributed by atoms with Crippen molar-refractivity contribution in [3.05, 3.63) is 44.1 Å². The van der Waals surface area contributed by atoms with Gasteiger partial charge in [0.05, 0.1) is 11.1 Å². The van der Waals surface area contributed by atoms with Crippen LogP contribution in [0.2, 0.25) is 0 Å². The lowest BCUT2D eigenvalue weighted by atomic mass is 10.1. The quantitative estimate of drug-likeness (QED) is 0.697. The van der Waals surface area contributed by atoms with Gasteiger partial charge in [0.25, 0.3) is 11.5 Å². The first-order valence-electron chi connectivity index (χ1n) is 8.79. The minimum absolute atomic E-state index is 0.0294. The van der Waals surface area contributed by atoms with E-state index in [4.69, 9.17) is 0 Å². The van der Waals surface area contributed by atoms with E-state index in [1.54, 1.807) is 4.90 Å². The standard InChI is InChI=1S/C18H19FN4O3S/c1-9(2)23-13-8-10(17(26)22-5-3-20-4-6-22)12(19)7-11(13)15(24)14-16(25)21-27-18(14)23/h7-9,20H,3-6H2,1-2H3,(H,21,25). The molecule has 1 saturated heterocycles. The summed E-state index contributed by atoms with van der Waals surface area (Å²) in [5.74, 6) is -1.13. The number of nitrogens with one attached hydrogen (secondary N) is 2. The molecule has 0 radical (unpaired) electrons. The van der Waals surface area contributed by atoms with Crippen LogP contribution in [-0.2, 0) is 0 Å². The van der Waals surface area contributed by atoms with E-state index in [0.29, 0.717) is 36.5 Å². The molecule has 142 valence electrons. The molecular formula is C18H19FN4O3S. The van der Waals surface area contributed by atoms with Crippen LogP contribution in [0.25, 0.3) is 21.1 Å². The summed E-state index contributed by atoms with van der Waals surface area (Å²) >= 11 is 1.07. The first kappa shape index (κ1) is 17.9. The summed E-state index contributed by atoms with van der Waals surface area (Å²) in [7, 11) is 0. The number of hydrogen-bond acceptors (Lipinski definition) is 5. The highest BCUT2D eigenvalue weighted by atomic mass is 32.1. The summed E-state index contributed by atoms with van der Waals surface area (Å²) < 4.78 is 19.2. The molecule has 1 aromatic carbocycles. The van der Waals surface area contributed by atoms with Gasteiger partial charge in [0, 0.05) is 37.6 Å². The third kappa shape index (κ3) is 2.78. The number of rotatable bonds is 2. The molecule has 0 bridgehead atoms. The van der Waals surface area contributed by atoms with E-state index in [1.807, 2.05) is 18.4 Å². The number of aromatic nitrogens is 2. The number of pyridine rings is 1. The number of H-pyrrole nitrogens is 1. The van der Waals surface area contributed by atoms with E-state index in [2.05, 4.69) is 9.69 Å². The molecule has 0 saturated carbocycles. The van der Waals surface area contributed by atoms with Crippen molar-refractivity contribution in [1.29, 1.82) is 0 Å². The topological polar surface area (TPSA) is 87.2 Å². The van der Waals surface area contributed by atoms with E-state index < -0.39 is 16.8 Å². The number of amides is 1. The van der Waals surface area contributed by atoms with Gasteiger partial charge in [-0.2, -0.15) is 0 Å². The number of carbonyl (C=O) groups is 1. The van der Waals surface area contributed by atoms with Crippen molar-refractivity contribution >= 4 is 38.6 Å². The fourth-order valence-corrected chi connectivity index (χ4v) is 4.55. The van der Waals surface area contributed by atoms with Gasteiger partial charge in [-0.15, -0.1) is 0 Å². The van der Waals surface area contributed by atoms with Crippen molar-refractivity contribution in [3.8, 4) is 0 Å². The van der Waals surface area contributed by atoms with Gasteiger partial charge in [0.2, 0.25) is 5.43 Å². The normalized spacial score (nSPS) is 15.2. The first-order chi connectivity index (χ1) is 12.9. The molecule has 9 heteroatoms. The lowest BCUT2D eigenvalue weighted by Gasteiger charge is -2.27. The molecule has 27 heavy (non-hydrogen) atoms. The summed E-state index contributed by atoms with van der Waals surface area (Å²) in [6, 6.07) is 2.44. The van der Waals surface area contributed by atoms with Gasteiger partial charge < -0.3 is 14.8 Å². The summed E-state index contributed by atoms with van der Waals surface area (Å²) in [5, 5.41) is 3.29. The zero-order valence-electron chi connectivity index (χ0n) is 15.0. The predicted octanol–water partition coefficient (Wildman–Crippen LogP) is 1.67. The van der Waals surface area contributed by atoms with Gasteiger partial charge in [-0.3, -0.25) is 18.8 Å². The van der Waals surface area contributed by atoms with Crippen molar-refractivity contribution in [1.82, 2.24) is 19.2 Å². The maximum absolute atomic E-state index is 14.8.